The molecule has 78 valence electrons. The van der Waals surface area contributed by atoms with Crippen LogP contribution in [0.15, 0.2) is 18.5 Å². The summed E-state index contributed by atoms with van der Waals surface area (Å²) in [5.41, 5.74) is 0. The van der Waals surface area contributed by atoms with Gasteiger partial charge in [0.05, 0.1) is 14.3 Å². The summed E-state index contributed by atoms with van der Waals surface area (Å²) in [6.45, 7) is 6.71. The summed E-state index contributed by atoms with van der Waals surface area (Å²) >= 11 is 0. The quantitative estimate of drug-likeness (QED) is 0.773. The van der Waals surface area contributed by atoms with Gasteiger partial charge in [-0.25, -0.2) is 0 Å². The molecule has 0 spiro atoms. The molecule has 0 bridgehead atoms. The van der Waals surface area contributed by atoms with Gasteiger partial charge in [-0.2, -0.15) is 0 Å². The van der Waals surface area contributed by atoms with Gasteiger partial charge in [0.15, 0.2) is 0 Å². The Morgan fingerprint density at radius 1 is 1.21 bits per heavy atom. The van der Waals surface area contributed by atoms with E-state index < -0.39 is 8.07 Å². The van der Waals surface area contributed by atoms with Crippen molar-refractivity contribution in [3.63, 3.8) is 0 Å². The second-order valence-electron chi connectivity index (χ2n) is 3.73. The van der Waals surface area contributed by atoms with E-state index in [1.165, 1.54) is 23.3 Å². The number of hydrogen-bond donors (Lipinski definition) is 1. The number of rotatable bonds is 4. The highest BCUT2D eigenvalue weighted by Crippen LogP contribution is 2.23. The molecule has 3 heteroatoms. The van der Waals surface area contributed by atoms with Crippen molar-refractivity contribution in [2.45, 2.75) is 38.9 Å². The maximum atomic E-state index is 9.81. The molecule has 0 aliphatic rings. The average Bonchev–Trinajstić information content (AvgIpc) is 2.24. The lowest BCUT2D eigenvalue weighted by Crippen LogP contribution is -2.45. The van der Waals surface area contributed by atoms with Gasteiger partial charge in [-0.1, -0.05) is 38.9 Å². The van der Waals surface area contributed by atoms with E-state index in [1.807, 2.05) is 6.07 Å². The van der Waals surface area contributed by atoms with Crippen LogP contribution in [0.3, 0.4) is 0 Å². The van der Waals surface area contributed by atoms with Crippen LogP contribution in [0.1, 0.15) is 20.8 Å². The molecular weight excluding hydrogens is 190 g/mol. The Kier molecular flexibility index (Phi) is 3.69. The Labute approximate surface area is 87.0 Å². The zero-order valence-corrected chi connectivity index (χ0v) is 10.2. The molecule has 0 aliphatic carbocycles. The number of aromatic nitrogens is 1. The summed E-state index contributed by atoms with van der Waals surface area (Å²) < 4.78 is 0. The molecule has 0 amide bonds. The second-order valence-corrected chi connectivity index (χ2v) is 8.95. The van der Waals surface area contributed by atoms with E-state index in [2.05, 4.69) is 25.8 Å². The van der Waals surface area contributed by atoms with E-state index in [1.54, 1.807) is 12.4 Å². The van der Waals surface area contributed by atoms with Crippen molar-refractivity contribution < 1.29 is 5.11 Å². The molecule has 1 heterocycles. The topological polar surface area (TPSA) is 33.1 Å². The van der Waals surface area contributed by atoms with Gasteiger partial charge >= 0.3 is 0 Å². The molecule has 1 aromatic heterocycles. The zero-order chi connectivity index (χ0) is 10.6. The Bertz CT molecular complexity index is 289. The van der Waals surface area contributed by atoms with Crippen LogP contribution in [0.2, 0.25) is 18.1 Å². The van der Waals surface area contributed by atoms with Crippen LogP contribution in [-0.4, -0.2) is 18.2 Å². The normalized spacial score (nSPS) is 11.6. The highest BCUT2D eigenvalue weighted by molar-refractivity contribution is 6.92. The summed E-state index contributed by atoms with van der Waals surface area (Å²) in [5, 5.41) is 11.0. The molecule has 1 rings (SSSR count). The molecule has 0 aliphatic heterocycles. The van der Waals surface area contributed by atoms with Crippen molar-refractivity contribution in [3.05, 3.63) is 18.5 Å². The van der Waals surface area contributed by atoms with E-state index in [-0.39, 0.29) is 0 Å². The summed E-state index contributed by atoms with van der Waals surface area (Å²) in [6.07, 6.45) is 3.36. The first-order valence-electron chi connectivity index (χ1n) is 5.33. The Hall–Kier alpha value is -0.833. The Morgan fingerprint density at radius 2 is 1.79 bits per heavy atom. The summed E-state index contributed by atoms with van der Waals surface area (Å²) in [6, 6.07) is 5.57. The fourth-order valence-corrected chi connectivity index (χ4v) is 5.83. The first kappa shape index (κ1) is 11.2. The Morgan fingerprint density at radius 3 is 2.21 bits per heavy atom. The third-order valence-electron chi connectivity index (χ3n) is 3.40. The molecular formula is C11H19NOSi. The van der Waals surface area contributed by atoms with Crippen LogP contribution in [0.4, 0.5) is 0 Å². The highest BCUT2D eigenvalue weighted by Gasteiger charge is 2.31. The van der Waals surface area contributed by atoms with Crippen LogP contribution < -0.4 is 5.19 Å². The van der Waals surface area contributed by atoms with Crippen molar-refractivity contribution in [2.24, 2.45) is 0 Å². The van der Waals surface area contributed by atoms with Crippen molar-refractivity contribution in [2.75, 3.05) is 0 Å². The van der Waals surface area contributed by atoms with E-state index in [9.17, 15) is 5.11 Å². The maximum absolute atomic E-state index is 9.81. The highest BCUT2D eigenvalue weighted by atomic mass is 28.3. The maximum Gasteiger partial charge on any atom is 0.133 e. The minimum absolute atomic E-state index is 0.393. The van der Waals surface area contributed by atoms with Gasteiger partial charge in [0.2, 0.25) is 0 Å². The predicted molar refractivity (Wildman–Crippen MR) is 62.7 cm³/mol. The molecule has 0 aromatic carbocycles. The van der Waals surface area contributed by atoms with Gasteiger partial charge in [0.25, 0.3) is 0 Å². The van der Waals surface area contributed by atoms with Gasteiger partial charge in [-0.3, -0.25) is 4.98 Å². The van der Waals surface area contributed by atoms with Crippen molar-refractivity contribution in [1.29, 1.82) is 0 Å². The van der Waals surface area contributed by atoms with E-state index in [4.69, 9.17) is 0 Å². The standard InChI is InChI=1S/C11H19NOSi/c1-4-14(5-2,6-3)11-7-8-12-9-10(11)13/h7-9,13H,4-6H2,1-3H3. The third kappa shape index (κ3) is 1.82. The van der Waals surface area contributed by atoms with Gasteiger partial charge < -0.3 is 5.11 Å². The SMILES string of the molecule is CC[Si](CC)(CC)c1ccncc1O. The number of aromatic hydroxyl groups is 1. The van der Waals surface area contributed by atoms with Gasteiger partial charge in [-0.15, -0.1) is 0 Å². The van der Waals surface area contributed by atoms with Crippen molar-refractivity contribution >= 4 is 13.3 Å². The summed E-state index contributed by atoms with van der Waals surface area (Å²) in [4.78, 5) is 3.93. The lowest BCUT2D eigenvalue weighted by molar-refractivity contribution is 0.476. The van der Waals surface area contributed by atoms with Crippen LogP contribution in [0, 0.1) is 0 Å². The molecule has 1 N–H and O–H groups in total. The number of nitrogens with zero attached hydrogens (tertiary/aromatic N) is 1. The van der Waals surface area contributed by atoms with Gasteiger partial charge in [0, 0.05) is 6.20 Å². The first-order valence-corrected chi connectivity index (χ1v) is 7.95. The van der Waals surface area contributed by atoms with Gasteiger partial charge in [0.1, 0.15) is 5.75 Å². The van der Waals surface area contributed by atoms with Crippen LogP contribution in [-0.2, 0) is 0 Å². The molecule has 0 fully saturated rings. The second kappa shape index (κ2) is 4.60. The van der Waals surface area contributed by atoms with Crippen LogP contribution in [0.25, 0.3) is 0 Å². The third-order valence-corrected chi connectivity index (χ3v) is 9.03. The first-order chi connectivity index (χ1) is 6.70. The minimum atomic E-state index is -1.43. The number of hydrogen-bond acceptors (Lipinski definition) is 2. The van der Waals surface area contributed by atoms with Crippen molar-refractivity contribution in [1.82, 2.24) is 4.98 Å². The molecule has 0 saturated carbocycles. The molecule has 0 unspecified atom stereocenters. The molecule has 1 aromatic rings. The summed E-state index contributed by atoms with van der Waals surface area (Å²) in [7, 11) is -1.43. The predicted octanol–water partition coefficient (Wildman–Crippen LogP) is 2.50. The lowest BCUT2D eigenvalue weighted by Gasteiger charge is -2.28. The zero-order valence-electron chi connectivity index (χ0n) is 9.25. The largest absolute Gasteiger partial charge is 0.506 e. The van der Waals surface area contributed by atoms with E-state index in [0.29, 0.717) is 5.75 Å². The van der Waals surface area contributed by atoms with Crippen molar-refractivity contribution in [3.8, 4) is 5.75 Å². The smallest absolute Gasteiger partial charge is 0.133 e. The van der Waals surface area contributed by atoms with E-state index in [0.717, 1.165) is 0 Å². The fraction of sp³-hybridized carbons (Fsp3) is 0.545. The Balaban J connectivity index is 3.17. The molecule has 14 heavy (non-hydrogen) atoms. The number of pyridine rings is 1. The van der Waals surface area contributed by atoms with Gasteiger partial charge in [-0.05, 0) is 11.3 Å². The minimum Gasteiger partial charge on any atom is -0.506 e. The monoisotopic (exact) mass is 209 g/mol. The molecule has 0 radical (unpaired) electrons. The molecule has 2 nitrogen and oxygen atoms in total. The average molecular weight is 209 g/mol. The molecule has 0 atom stereocenters. The van der Waals surface area contributed by atoms with Crippen LogP contribution in [0.5, 0.6) is 5.75 Å². The molecule has 0 saturated heterocycles. The lowest BCUT2D eigenvalue weighted by atomic mass is 10.5. The fourth-order valence-electron chi connectivity index (χ4n) is 2.16. The van der Waals surface area contributed by atoms with E-state index >= 15 is 0 Å². The summed E-state index contributed by atoms with van der Waals surface area (Å²) in [5.74, 6) is 0.393. The van der Waals surface area contributed by atoms with Crippen LogP contribution >= 0.6 is 0 Å².